The minimum absolute atomic E-state index is 0.169. The largest absolute Gasteiger partial charge is 0.463 e. The van der Waals surface area contributed by atoms with Gasteiger partial charge in [0.15, 0.2) is 11.5 Å². The number of benzene rings is 1. The Hall–Kier alpha value is -3.92. The van der Waals surface area contributed by atoms with Crippen LogP contribution in [-0.2, 0) is 13.1 Å². The van der Waals surface area contributed by atoms with Crippen LogP contribution in [0.3, 0.4) is 0 Å². The van der Waals surface area contributed by atoms with Crippen LogP contribution in [0.2, 0.25) is 0 Å². The van der Waals surface area contributed by atoms with Crippen molar-refractivity contribution in [3.8, 4) is 17.6 Å². The van der Waals surface area contributed by atoms with Crippen LogP contribution >= 0.6 is 0 Å². The van der Waals surface area contributed by atoms with E-state index < -0.39 is 0 Å². The fourth-order valence-corrected chi connectivity index (χ4v) is 3.99. The number of aromatic amines is 1. The molecular formula is C26H31N7O3. The van der Waals surface area contributed by atoms with Gasteiger partial charge < -0.3 is 25.5 Å². The molecule has 3 heterocycles. The van der Waals surface area contributed by atoms with Gasteiger partial charge in [0.25, 0.3) is 0 Å². The Morgan fingerprint density at radius 2 is 1.97 bits per heavy atom. The van der Waals surface area contributed by atoms with Crippen molar-refractivity contribution in [3.63, 3.8) is 0 Å². The topological polar surface area (TPSA) is 133 Å². The molecule has 10 nitrogen and oxygen atoms in total. The molecule has 4 N–H and O–H groups in total. The Labute approximate surface area is 208 Å². The van der Waals surface area contributed by atoms with Crippen molar-refractivity contribution in [2.45, 2.75) is 58.2 Å². The zero-order valence-corrected chi connectivity index (χ0v) is 20.4. The van der Waals surface area contributed by atoms with Gasteiger partial charge in [0.05, 0.1) is 18.8 Å². The molecule has 0 unspecified atom stereocenters. The van der Waals surface area contributed by atoms with Crippen LogP contribution < -0.4 is 26.2 Å². The van der Waals surface area contributed by atoms with Crippen LogP contribution in [0, 0.1) is 0 Å². The molecule has 10 heteroatoms. The fraction of sp³-hybridized carbons (Fsp3) is 0.385. The Kier molecular flexibility index (Phi) is 7.13. The molecule has 36 heavy (non-hydrogen) atoms. The Balaban J connectivity index is 1.27. The van der Waals surface area contributed by atoms with E-state index in [2.05, 4.69) is 32.2 Å². The van der Waals surface area contributed by atoms with Gasteiger partial charge in [-0.3, -0.25) is 4.57 Å². The molecule has 0 spiro atoms. The van der Waals surface area contributed by atoms with E-state index in [9.17, 15) is 4.79 Å². The highest BCUT2D eigenvalue weighted by Gasteiger charge is 2.17. The van der Waals surface area contributed by atoms with Crippen LogP contribution in [0.1, 0.15) is 50.3 Å². The molecule has 0 bridgehead atoms. The maximum Gasteiger partial charge on any atom is 0.328 e. The van der Waals surface area contributed by atoms with E-state index >= 15 is 0 Å². The highest BCUT2D eigenvalue weighted by molar-refractivity contribution is 5.81. The minimum Gasteiger partial charge on any atom is -0.463 e. The number of hydrogen-bond donors (Lipinski definition) is 3. The van der Waals surface area contributed by atoms with E-state index in [1.165, 1.54) is 23.8 Å². The third kappa shape index (κ3) is 5.49. The summed E-state index contributed by atoms with van der Waals surface area (Å²) in [6, 6.07) is 14.1. The minimum atomic E-state index is -0.312. The first-order valence-electron chi connectivity index (χ1n) is 12.4. The molecule has 1 saturated carbocycles. The van der Waals surface area contributed by atoms with E-state index in [0.717, 1.165) is 30.6 Å². The molecule has 0 radical (unpaired) electrons. The SMILES string of the molecule is CCCCOc1nc(N)c2[nH]c(=O)n(Cc3ccc(Oc4cccc(CNC5CCC5)n4)cc3)c2n1. The molecule has 0 amide bonds. The lowest BCUT2D eigenvalue weighted by atomic mass is 9.93. The molecule has 0 atom stereocenters. The summed E-state index contributed by atoms with van der Waals surface area (Å²) >= 11 is 0. The molecule has 1 aromatic carbocycles. The summed E-state index contributed by atoms with van der Waals surface area (Å²) in [5.41, 5.74) is 8.41. The van der Waals surface area contributed by atoms with Gasteiger partial charge in [-0.15, -0.1) is 0 Å². The molecule has 188 valence electrons. The summed E-state index contributed by atoms with van der Waals surface area (Å²) in [6.07, 6.45) is 5.65. The number of imidazole rings is 1. The summed E-state index contributed by atoms with van der Waals surface area (Å²) in [5, 5.41) is 3.52. The number of unbranched alkanes of at least 4 members (excludes halogenated alkanes) is 1. The average molecular weight is 490 g/mol. The van der Waals surface area contributed by atoms with E-state index in [4.69, 9.17) is 15.2 Å². The van der Waals surface area contributed by atoms with Crippen molar-refractivity contribution in [2.24, 2.45) is 0 Å². The van der Waals surface area contributed by atoms with E-state index in [0.29, 0.717) is 42.0 Å². The maximum atomic E-state index is 12.6. The monoisotopic (exact) mass is 489 g/mol. The van der Waals surface area contributed by atoms with Gasteiger partial charge in [-0.1, -0.05) is 38.0 Å². The number of pyridine rings is 1. The number of aromatic nitrogens is 5. The lowest BCUT2D eigenvalue weighted by Crippen LogP contribution is -2.34. The van der Waals surface area contributed by atoms with E-state index in [-0.39, 0.29) is 17.5 Å². The first-order chi connectivity index (χ1) is 17.6. The van der Waals surface area contributed by atoms with Gasteiger partial charge >= 0.3 is 11.7 Å². The van der Waals surface area contributed by atoms with Crippen molar-refractivity contribution < 1.29 is 9.47 Å². The zero-order chi connectivity index (χ0) is 24.9. The van der Waals surface area contributed by atoms with Crippen molar-refractivity contribution in [3.05, 3.63) is 64.2 Å². The summed E-state index contributed by atoms with van der Waals surface area (Å²) in [6.45, 7) is 3.61. The third-order valence-corrected chi connectivity index (χ3v) is 6.30. The molecule has 1 aliphatic rings. The number of nitrogen functional groups attached to an aromatic ring is 1. The second-order valence-corrected chi connectivity index (χ2v) is 9.03. The quantitative estimate of drug-likeness (QED) is 0.271. The van der Waals surface area contributed by atoms with E-state index in [1.54, 1.807) is 0 Å². The fourth-order valence-electron chi connectivity index (χ4n) is 3.99. The number of nitrogens with zero attached hydrogens (tertiary/aromatic N) is 4. The lowest BCUT2D eigenvalue weighted by Gasteiger charge is -2.26. The van der Waals surface area contributed by atoms with Crippen molar-refractivity contribution in [2.75, 3.05) is 12.3 Å². The molecule has 1 aliphatic carbocycles. The Bertz CT molecular complexity index is 1380. The second-order valence-electron chi connectivity index (χ2n) is 9.03. The number of anilines is 1. The number of nitrogens with two attached hydrogens (primary N) is 1. The molecule has 0 saturated heterocycles. The standard InChI is InChI=1S/C26H31N7O3/c1-2-3-14-35-25-31-23(27)22-24(32-25)33(26(34)30-22)16-17-10-12-20(13-11-17)36-21-9-5-8-19(29-21)15-28-18-6-4-7-18/h5,8-13,18,28H,2-4,6-7,14-16H2,1H3,(H,30,34)(H2,27,31,32). The molecule has 5 rings (SSSR count). The normalized spacial score (nSPS) is 13.6. The predicted molar refractivity (Wildman–Crippen MR) is 137 cm³/mol. The van der Waals surface area contributed by atoms with Gasteiger partial charge in [-0.25, -0.2) is 9.78 Å². The smallest absolute Gasteiger partial charge is 0.328 e. The Morgan fingerprint density at radius 3 is 2.72 bits per heavy atom. The lowest BCUT2D eigenvalue weighted by molar-refractivity contribution is 0.286. The first-order valence-corrected chi connectivity index (χ1v) is 12.4. The van der Waals surface area contributed by atoms with Gasteiger partial charge in [-0.2, -0.15) is 9.97 Å². The highest BCUT2D eigenvalue weighted by atomic mass is 16.5. The molecule has 1 fully saturated rings. The molecule has 0 aliphatic heterocycles. The first kappa shape index (κ1) is 23.8. The average Bonchev–Trinajstić information content (AvgIpc) is 3.15. The van der Waals surface area contributed by atoms with Gasteiger partial charge in [0, 0.05) is 18.7 Å². The molecule has 3 aromatic heterocycles. The van der Waals surface area contributed by atoms with Crippen LogP contribution in [0.25, 0.3) is 11.2 Å². The van der Waals surface area contributed by atoms with Crippen molar-refractivity contribution in [1.29, 1.82) is 0 Å². The third-order valence-electron chi connectivity index (χ3n) is 6.30. The van der Waals surface area contributed by atoms with Crippen LogP contribution in [0.15, 0.2) is 47.3 Å². The summed E-state index contributed by atoms with van der Waals surface area (Å²) < 4.78 is 13.1. The molecular weight excluding hydrogens is 458 g/mol. The zero-order valence-electron chi connectivity index (χ0n) is 20.4. The van der Waals surface area contributed by atoms with E-state index in [1.807, 2.05) is 42.5 Å². The second kappa shape index (κ2) is 10.8. The summed E-state index contributed by atoms with van der Waals surface area (Å²) in [7, 11) is 0. The van der Waals surface area contributed by atoms with Crippen LogP contribution in [-0.4, -0.2) is 37.2 Å². The Morgan fingerprint density at radius 1 is 1.14 bits per heavy atom. The predicted octanol–water partition coefficient (Wildman–Crippen LogP) is 3.76. The van der Waals surface area contributed by atoms with Crippen molar-refractivity contribution in [1.82, 2.24) is 29.8 Å². The number of H-pyrrole nitrogens is 1. The van der Waals surface area contributed by atoms with Crippen molar-refractivity contribution >= 4 is 17.0 Å². The van der Waals surface area contributed by atoms with Crippen LogP contribution in [0.4, 0.5) is 5.82 Å². The van der Waals surface area contributed by atoms with Gasteiger partial charge in [0.2, 0.25) is 5.88 Å². The number of ether oxygens (including phenoxy) is 2. The summed E-state index contributed by atoms with van der Waals surface area (Å²) in [4.78, 5) is 28.6. The number of hydrogen-bond acceptors (Lipinski definition) is 8. The molecule has 4 aromatic rings. The summed E-state index contributed by atoms with van der Waals surface area (Å²) in [5.74, 6) is 1.40. The number of fused-ring (bicyclic) bond motifs is 1. The van der Waals surface area contributed by atoms with Gasteiger partial charge in [-0.05, 0) is 43.0 Å². The maximum absolute atomic E-state index is 12.6. The highest BCUT2D eigenvalue weighted by Crippen LogP contribution is 2.23. The number of rotatable bonds is 11. The number of nitrogens with one attached hydrogen (secondary N) is 2. The van der Waals surface area contributed by atoms with Crippen LogP contribution in [0.5, 0.6) is 17.6 Å². The van der Waals surface area contributed by atoms with Gasteiger partial charge in [0.1, 0.15) is 11.3 Å².